The topological polar surface area (TPSA) is 94.6 Å². The van der Waals surface area contributed by atoms with Crippen LogP contribution in [-0.2, 0) is 6.42 Å². The highest BCUT2D eigenvalue weighted by molar-refractivity contribution is 7.22. The first kappa shape index (κ1) is 24.5. The minimum Gasteiger partial charge on any atom is -0.335 e. The van der Waals surface area contributed by atoms with Crippen LogP contribution in [0.1, 0.15) is 33.2 Å². The number of nitrogens with one attached hydrogen (secondary N) is 2. The second kappa shape index (κ2) is 10.8. The molecule has 0 unspecified atom stereocenters. The molecule has 1 fully saturated rings. The van der Waals surface area contributed by atoms with Crippen LogP contribution in [-0.4, -0.2) is 58.8 Å². The van der Waals surface area contributed by atoms with Gasteiger partial charge in [-0.2, -0.15) is 0 Å². The Bertz CT molecular complexity index is 1390. The van der Waals surface area contributed by atoms with Crippen molar-refractivity contribution >= 4 is 50.2 Å². The molecule has 9 heteroatoms. The van der Waals surface area contributed by atoms with Gasteiger partial charge in [0.1, 0.15) is 0 Å². The van der Waals surface area contributed by atoms with Crippen LogP contribution in [0.3, 0.4) is 0 Å². The van der Waals surface area contributed by atoms with Crippen molar-refractivity contribution in [3.05, 3.63) is 89.5 Å². The van der Waals surface area contributed by atoms with Crippen LogP contribution in [0.15, 0.2) is 72.8 Å². The van der Waals surface area contributed by atoms with E-state index in [1.807, 2.05) is 48.5 Å². The van der Waals surface area contributed by atoms with Gasteiger partial charge in [-0.1, -0.05) is 42.5 Å². The van der Waals surface area contributed by atoms with Crippen molar-refractivity contribution in [2.75, 3.05) is 36.8 Å². The number of fused-ring (bicyclic) bond motifs is 1. The third-order valence-corrected chi connectivity index (χ3v) is 7.33. The van der Waals surface area contributed by atoms with Crippen LogP contribution in [0.25, 0.3) is 10.2 Å². The molecule has 0 spiro atoms. The summed E-state index contributed by atoms with van der Waals surface area (Å²) in [5.74, 6) is -0.393. The van der Waals surface area contributed by atoms with Crippen LogP contribution in [0.4, 0.5) is 15.6 Å². The van der Waals surface area contributed by atoms with E-state index in [4.69, 9.17) is 0 Å². The Morgan fingerprint density at radius 1 is 0.811 bits per heavy atom. The van der Waals surface area contributed by atoms with Gasteiger partial charge in [-0.25, -0.2) is 9.78 Å². The molecule has 4 amide bonds. The molecule has 4 aromatic rings. The summed E-state index contributed by atoms with van der Waals surface area (Å²) in [7, 11) is 0. The molecule has 3 aromatic carbocycles. The van der Waals surface area contributed by atoms with Gasteiger partial charge in [0.15, 0.2) is 5.13 Å². The molecule has 1 aliphatic heterocycles. The molecule has 188 valence electrons. The number of anilines is 2. The molecular formula is C28H27N5O3S. The molecule has 8 nitrogen and oxygen atoms in total. The highest BCUT2D eigenvalue weighted by atomic mass is 32.1. The van der Waals surface area contributed by atoms with E-state index in [0.29, 0.717) is 42.4 Å². The van der Waals surface area contributed by atoms with E-state index in [9.17, 15) is 14.4 Å². The highest BCUT2D eigenvalue weighted by Gasteiger charge is 2.25. The van der Waals surface area contributed by atoms with Crippen molar-refractivity contribution in [2.24, 2.45) is 0 Å². The van der Waals surface area contributed by atoms with E-state index < -0.39 is 0 Å². The van der Waals surface area contributed by atoms with Gasteiger partial charge in [-0.15, -0.1) is 0 Å². The van der Waals surface area contributed by atoms with E-state index in [0.717, 1.165) is 22.3 Å². The predicted octanol–water partition coefficient (Wildman–Crippen LogP) is 5.10. The van der Waals surface area contributed by atoms with Crippen molar-refractivity contribution in [3.63, 3.8) is 0 Å². The number of aryl methyl sites for hydroxylation is 1. The number of aromatic nitrogens is 1. The number of urea groups is 1. The standard InChI is InChI=1S/C28H27N5O3S/c1-2-19-7-13-22(14-8-19)29-28(36)33-17-15-32(16-18-33)26(35)21-11-9-20(10-12-21)25(34)31-27-30-23-5-3-4-6-24(23)37-27/h3-14H,2,15-18H2,1H3,(H,29,36)(H,30,31,34). The average molecular weight is 514 g/mol. The molecule has 0 bridgehead atoms. The number of rotatable bonds is 5. The Hall–Kier alpha value is -4.24. The van der Waals surface area contributed by atoms with Gasteiger partial charge < -0.3 is 15.1 Å². The van der Waals surface area contributed by atoms with Gasteiger partial charge in [0.05, 0.1) is 10.2 Å². The highest BCUT2D eigenvalue weighted by Crippen LogP contribution is 2.26. The number of nitrogens with zero attached hydrogens (tertiary/aromatic N) is 3. The molecule has 2 heterocycles. The first-order valence-corrected chi connectivity index (χ1v) is 13.0. The smallest absolute Gasteiger partial charge is 0.321 e. The van der Waals surface area contributed by atoms with Crippen LogP contribution in [0, 0.1) is 0 Å². The Balaban J connectivity index is 1.13. The van der Waals surface area contributed by atoms with Gasteiger partial charge in [0.25, 0.3) is 11.8 Å². The number of hydrogen-bond donors (Lipinski definition) is 2. The predicted molar refractivity (Wildman–Crippen MR) is 146 cm³/mol. The van der Waals surface area contributed by atoms with Crippen LogP contribution >= 0.6 is 11.3 Å². The maximum atomic E-state index is 13.0. The SMILES string of the molecule is CCc1ccc(NC(=O)N2CCN(C(=O)c3ccc(C(=O)Nc4nc5ccccc5s4)cc3)CC2)cc1. The lowest BCUT2D eigenvalue weighted by molar-refractivity contribution is 0.0671. The molecule has 1 saturated heterocycles. The van der Waals surface area contributed by atoms with Crippen LogP contribution in [0.2, 0.25) is 0 Å². The molecule has 0 atom stereocenters. The van der Waals surface area contributed by atoms with Crippen molar-refractivity contribution in [1.29, 1.82) is 0 Å². The van der Waals surface area contributed by atoms with E-state index >= 15 is 0 Å². The third kappa shape index (κ3) is 5.62. The third-order valence-electron chi connectivity index (χ3n) is 6.38. The van der Waals surface area contributed by atoms with Gasteiger partial charge in [0.2, 0.25) is 0 Å². The number of carbonyl (C=O) groups is 3. The first-order valence-electron chi connectivity index (χ1n) is 12.2. The van der Waals surface area contributed by atoms with Crippen LogP contribution < -0.4 is 10.6 Å². The number of para-hydroxylation sites is 1. The number of carbonyl (C=O) groups excluding carboxylic acids is 3. The van der Waals surface area contributed by atoms with Crippen molar-refractivity contribution < 1.29 is 14.4 Å². The summed E-state index contributed by atoms with van der Waals surface area (Å²) in [5.41, 5.74) is 3.77. The Labute approximate surface area is 218 Å². The molecule has 0 aliphatic carbocycles. The molecule has 1 aliphatic rings. The fraction of sp³-hybridized carbons (Fsp3) is 0.214. The number of hydrogen-bond acceptors (Lipinski definition) is 5. The normalized spacial score (nSPS) is 13.4. The number of piperazine rings is 1. The van der Waals surface area contributed by atoms with E-state index in [1.54, 1.807) is 34.1 Å². The number of thiazole rings is 1. The van der Waals surface area contributed by atoms with Gasteiger partial charge in [0, 0.05) is 43.0 Å². The first-order chi connectivity index (χ1) is 18.0. The van der Waals surface area contributed by atoms with Crippen molar-refractivity contribution in [2.45, 2.75) is 13.3 Å². The van der Waals surface area contributed by atoms with Crippen molar-refractivity contribution in [1.82, 2.24) is 14.8 Å². The molecule has 5 rings (SSSR count). The van der Waals surface area contributed by atoms with E-state index in [-0.39, 0.29) is 17.8 Å². The fourth-order valence-corrected chi connectivity index (χ4v) is 5.04. The van der Waals surface area contributed by atoms with E-state index in [2.05, 4.69) is 22.5 Å². The number of benzene rings is 3. The van der Waals surface area contributed by atoms with E-state index in [1.165, 1.54) is 16.9 Å². The molecule has 37 heavy (non-hydrogen) atoms. The number of amides is 4. The summed E-state index contributed by atoms with van der Waals surface area (Å²) in [6.45, 7) is 3.88. The lowest BCUT2D eigenvalue weighted by Crippen LogP contribution is -2.51. The average Bonchev–Trinajstić information content (AvgIpc) is 3.35. The minimum absolute atomic E-state index is 0.117. The van der Waals surface area contributed by atoms with Crippen molar-refractivity contribution in [3.8, 4) is 0 Å². The summed E-state index contributed by atoms with van der Waals surface area (Å²) in [4.78, 5) is 46.1. The fourth-order valence-electron chi connectivity index (χ4n) is 4.18. The zero-order valence-electron chi connectivity index (χ0n) is 20.4. The monoisotopic (exact) mass is 513 g/mol. The lowest BCUT2D eigenvalue weighted by Gasteiger charge is -2.34. The molecule has 1 aromatic heterocycles. The summed E-state index contributed by atoms with van der Waals surface area (Å²) in [6, 6.07) is 22.0. The summed E-state index contributed by atoms with van der Waals surface area (Å²) in [5, 5.41) is 6.28. The molecule has 2 N–H and O–H groups in total. The Morgan fingerprint density at radius 3 is 2.14 bits per heavy atom. The molecular weight excluding hydrogens is 486 g/mol. The minimum atomic E-state index is -0.276. The molecule has 0 radical (unpaired) electrons. The maximum absolute atomic E-state index is 13.0. The lowest BCUT2D eigenvalue weighted by atomic mass is 10.1. The zero-order chi connectivity index (χ0) is 25.8. The summed E-state index contributed by atoms with van der Waals surface area (Å²) < 4.78 is 1.00. The molecule has 0 saturated carbocycles. The van der Waals surface area contributed by atoms with Crippen LogP contribution in [0.5, 0.6) is 0 Å². The van der Waals surface area contributed by atoms with Gasteiger partial charge in [-0.05, 0) is 60.5 Å². The van der Waals surface area contributed by atoms with Gasteiger partial charge >= 0.3 is 6.03 Å². The zero-order valence-corrected chi connectivity index (χ0v) is 21.3. The largest absolute Gasteiger partial charge is 0.335 e. The Morgan fingerprint density at radius 2 is 1.46 bits per heavy atom. The second-order valence-electron chi connectivity index (χ2n) is 8.78. The Kier molecular flexibility index (Phi) is 7.14. The second-order valence-corrected chi connectivity index (χ2v) is 9.81. The quantitative estimate of drug-likeness (QED) is 0.388. The summed E-state index contributed by atoms with van der Waals surface area (Å²) >= 11 is 1.41. The summed E-state index contributed by atoms with van der Waals surface area (Å²) in [6.07, 6.45) is 0.949. The maximum Gasteiger partial charge on any atom is 0.321 e. The van der Waals surface area contributed by atoms with Gasteiger partial charge in [-0.3, -0.25) is 14.9 Å².